The molecule has 0 radical (unpaired) electrons. The normalized spacial score (nSPS) is 20.7. The van der Waals surface area contributed by atoms with E-state index in [2.05, 4.69) is 10.3 Å². The predicted molar refractivity (Wildman–Crippen MR) is 123 cm³/mol. The van der Waals surface area contributed by atoms with Gasteiger partial charge in [-0.25, -0.2) is 9.18 Å². The van der Waals surface area contributed by atoms with Gasteiger partial charge in [-0.15, -0.1) is 0 Å². The van der Waals surface area contributed by atoms with Crippen LogP contribution in [-0.4, -0.2) is 70.5 Å². The van der Waals surface area contributed by atoms with Gasteiger partial charge in [0.25, 0.3) is 0 Å². The van der Waals surface area contributed by atoms with Gasteiger partial charge in [-0.3, -0.25) is 4.79 Å². The molecule has 0 aliphatic carbocycles. The highest BCUT2D eigenvalue weighted by molar-refractivity contribution is 6.31. The first-order valence-corrected chi connectivity index (χ1v) is 11.3. The molecule has 1 aromatic carbocycles. The summed E-state index contributed by atoms with van der Waals surface area (Å²) >= 11 is 6.38. The van der Waals surface area contributed by atoms with Gasteiger partial charge in [0.05, 0.1) is 18.2 Å². The minimum atomic E-state index is -1.01. The van der Waals surface area contributed by atoms with E-state index in [1.165, 1.54) is 19.2 Å². The molecule has 8 nitrogen and oxygen atoms in total. The van der Waals surface area contributed by atoms with E-state index in [-0.39, 0.29) is 6.42 Å². The van der Waals surface area contributed by atoms with Crippen molar-refractivity contribution in [3.05, 3.63) is 34.7 Å². The van der Waals surface area contributed by atoms with Crippen LogP contribution < -0.4 is 5.32 Å². The topological polar surface area (TPSA) is 104 Å². The SMILES string of the molecule is COC(C)C(NC(=O)OC(C)(C)C)C(=O)N1CC[C@H](O)[C@H]1Cc1c(Cl)[nH]c2cc(F)ccc12. The van der Waals surface area contributed by atoms with E-state index in [9.17, 15) is 19.1 Å². The number of aromatic nitrogens is 1. The van der Waals surface area contributed by atoms with E-state index < -0.39 is 47.7 Å². The Labute approximate surface area is 197 Å². The Kier molecular flexibility index (Phi) is 7.55. The van der Waals surface area contributed by atoms with E-state index in [0.29, 0.717) is 29.2 Å². The van der Waals surface area contributed by atoms with Gasteiger partial charge in [0, 0.05) is 24.6 Å². The van der Waals surface area contributed by atoms with Crippen LogP contribution in [0.3, 0.4) is 0 Å². The summed E-state index contributed by atoms with van der Waals surface area (Å²) in [4.78, 5) is 30.4. The highest BCUT2D eigenvalue weighted by Gasteiger charge is 2.41. The fourth-order valence-electron chi connectivity index (χ4n) is 4.09. The van der Waals surface area contributed by atoms with Gasteiger partial charge in [-0.05, 0) is 64.3 Å². The third-order valence-electron chi connectivity index (χ3n) is 5.80. The number of likely N-dealkylation sites (tertiary alicyclic amines) is 1. The zero-order valence-electron chi connectivity index (χ0n) is 19.4. The Bertz CT molecular complexity index is 1020. The molecule has 1 aliphatic heterocycles. The lowest BCUT2D eigenvalue weighted by Crippen LogP contribution is -2.56. The van der Waals surface area contributed by atoms with Crippen molar-refractivity contribution in [3.8, 4) is 0 Å². The first kappa shape index (κ1) is 25.3. The van der Waals surface area contributed by atoms with Crippen LogP contribution in [-0.2, 0) is 20.7 Å². The number of rotatable bonds is 6. The third-order valence-corrected chi connectivity index (χ3v) is 6.12. The Hall–Kier alpha value is -2.36. The number of aromatic amines is 1. The van der Waals surface area contributed by atoms with E-state index in [4.69, 9.17) is 21.1 Å². The van der Waals surface area contributed by atoms with Crippen molar-refractivity contribution in [2.45, 2.75) is 70.4 Å². The summed E-state index contributed by atoms with van der Waals surface area (Å²) in [6.45, 7) is 7.17. The lowest BCUT2D eigenvalue weighted by Gasteiger charge is -2.32. The summed E-state index contributed by atoms with van der Waals surface area (Å²) in [5.74, 6) is -0.784. The van der Waals surface area contributed by atoms with Gasteiger partial charge in [-0.2, -0.15) is 0 Å². The molecule has 182 valence electrons. The number of nitrogens with zero attached hydrogens (tertiary/aromatic N) is 1. The summed E-state index contributed by atoms with van der Waals surface area (Å²) < 4.78 is 24.2. The summed E-state index contributed by atoms with van der Waals surface area (Å²) in [5.41, 5.74) is 0.496. The average molecular weight is 484 g/mol. The number of benzene rings is 1. The maximum atomic E-state index is 13.6. The summed E-state index contributed by atoms with van der Waals surface area (Å²) in [5, 5.41) is 14.3. The van der Waals surface area contributed by atoms with Crippen LogP contribution in [0.1, 0.15) is 39.7 Å². The van der Waals surface area contributed by atoms with Gasteiger partial charge < -0.3 is 29.8 Å². The highest BCUT2D eigenvalue weighted by atomic mass is 35.5. The number of carbonyl (C=O) groups excluding carboxylic acids is 2. The fraction of sp³-hybridized carbons (Fsp3) is 0.565. The lowest BCUT2D eigenvalue weighted by molar-refractivity contribution is -0.138. The number of alkyl carbamates (subject to hydrolysis) is 1. The lowest BCUT2D eigenvalue weighted by atomic mass is 10.0. The molecule has 1 fully saturated rings. The van der Waals surface area contributed by atoms with Crippen molar-refractivity contribution in [2.24, 2.45) is 0 Å². The molecule has 1 saturated heterocycles. The molecule has 33 heavy (non-hydrogen) atoms. The van der Waals surface area contributed by atoms with E-state index in [0.717, 1.165) is 5.39 Å². The van der Waals surface area contributed by atoms with E-state index in [1.807, 2.05) is 0 Å². The van der Waals surface area contributed by atoms with E-state index in [1.54, 1.807) is 38.7 Å². The summed E-state index contributed by atoms with van der Waals surface area (Å²) in [6.07, 6.45) is -1.51. The Morgan fingerprint density at radius 1 is 1.39 bits per heavy atom. The molecular formula is C23H31ClFN3O5. The number of hydrogen-bond donors (Lipinski definition) is 3. The van der Waals surface area contributed by atoms with Crippen molar-refractivity contribution in [1.29, 1.82) is 0 Å². The van der Waals surface area contributed by atoms with Crippen LogP contribution in [0.5, 0.6) is 0 Å². The number of fused-ring (bicyclic) bond motifs is 1. The van der Waals surface area contributed by atoms with Crippen molar-refractivity contribution in [2.75, 3.05) is 13.7 Å². The maximum Gasteiger partial charge on any atom is 0.408 e. The molecule has 3 rings (SSSR count). The number of nitrogens with one attached hydrogen (secondary N) is 2. The number of carbonyl (C=O) groups is 2. The molecule has 3 N–H and O–H groups in total. The first-order chi connectivity index (χ1) is 15.4. The van der Waals surface area contributed by atoms with Crippen molar-refractivity contribution < 1.29 is 28.6 Å². The van der Waals surface area contributed by atoms with Crippen LogP contribution in [0.25, 0.3) is 10.9 Å². The summed E-state index contributed by atoms with van der Waals surface area (Å²) in [6, 6.07) is 2.72. The van der Waals surface area contributed by atoms with Gasteiger partial charge in [0.1, 0.15) is 22.6 Å². The van der Waals surface area contributed by atoms with Crippen LogP contribution in [0, 0.1) is 5.82 Å². The summed E-state index contributed by atoms with van der Waals surface area (Å²) in [7, 11) is 1.45. The zero-order valence-corrected chi connectivity index (χ0v) is 20.2. The standard InChI is InChI=1S/C23H31ClFN3O5/c1-12(32-5)19(27-22(31)33-23(2,3)4)21(30)28-9-8-18(29)17(28)11-15-14-7-6-13(25)10-16(14)26-20(15)24/h6-7,10,12,17-19,26,29H,8-9,11H2,1-5H3,(H,27,31)/t12?,17-,18+,19?/m1/s1. The molecule has 0 spiro atoms. The second kappa shape index (κ2) is 9.87. The van der Waals surface area contributed by atoms with Crippen molar-refractivity contribution in [1.82, 2.24) is 15.2 Å². The predicted octanol–water partition coefficient (Wildman–Crippen LogP) is 3.39. The number of H-pyrrole nitrogens is 1. The number of aliphatic hydroxyl groups is 1. The minimum absolute atomic E-state index is 0.262. The smallest absolute Gasteiger partial charge is 0.408 e. The van der Waals surface area contributed by atoms with E-state index >= 15 is 0 Å². The van der Waals surface area contributed by atoms with Gasteiger partial charge in [0.15, 0.2) is 0 Å². The zero-order chi connectivity index (χ0) is 24.5. The Morgan fingerprint density at radius 2 is 2.09 bits per heavy atom. The van der Waals surface area contributed by atoms with Crippen LogP contribution in [0.4, 0.5) is 9.18 Å². The van der Waals surface area contributed by atoms with Crippen LogP contribution in [0.2, 0.25) is 5.15 Å². The number of aliphatic hydroxyl groups excluding tert-OH is 1. The molecule has 1 aliphatic rings. The minimum Gasteiger partial charge on any atom is -0.444 e. The molecular weight excluding hydrogens is 453 g/mol. The molecule has 2 unspecified atom stereocenters. The monoisotopic (exact) mass is 483 g/mol. The molecule has 4 atom stereocenters. The Morgan fingerprint density at radius 3 is 2.73 bits per heavy atom. The number of amides is 2. The van der Waals surface area contributed by atoms with Crippen LogP contribution >= 0.6 is 11.6 Å². The molecule has 0 saturated carbocycles. The Balaban J connectivity index is 1.85. The van der Waals surface area contributed by atoms with Crippen molar-refractivity contribution in [3.63, 3.8) is 0 Å². The maximum absolute atomic E-state index is 13.6. The molecule has 2 amide bonds. The second-order valence-electron chi connectivity index (χ2n) is 9.33. The second-order valence-corrected chi connectivity index (χ2v) is 9.71. The van der Waals surface area contributed by atoms with Gasteiger partial charge in [0.2, 0.25) is 5.91 Å². The molecule has 10 heteroatoms. The van der Waals surface area contributed by atoms with Crippen LogP contribution in [0.15, 0.2) is 18.2 Å². The van der Waals surface area contributed by atoms with Gasteiger partial charge in [-0.1, -0.05) is 11.6 Å². The average Bonchev–Trinajstić information content (AvgIpc) is 3.23. The first-order valence-electron chi connectivity index (χ1n) is 10.9. The number of ether oxygens (including phenoxy) is 2. The fourth-order valence-corrected chi connectivity index (χ4v) is 4.37. The number of hydrogen-bond acceptors (Lipinski definition) is 5. The number of methoxy groups -OCH3 is 1. The highest BCUT2D eigenvalue weighted by Crippen LogP contribution is 2.32. The van der Waals surface area contributed by atoms with Gasteiger partial charge >= 0.3 is 6.09 Å². The molecule has 2 aromatic rings. The third kappa shape index (κ3) is 5.77. The molecule has 1 aromatic heterocycles. The van der Waals surface area contributed by atoms with Crippen molar-refractivity contribution >= 4 is 34.5 Å². The molecule has 2 heterocycles. The quantitative estimate of drug-likeness (QED) is 0.584. The largest absolute Gasteiger partial charge is 0.444 e. The number of halogens is 2. The molecule has 0 bridgehead atoms.